The fourth-order valence-corrected chi connectivity index (χ4v) is 1.55. The summed E-state index contributed by atoms with van der Waals surface area (Å²) in [7, 11) is 0. The molecule has 0 spiro atoms. The first kappa shape index (κ1) is 15.3. The summed E-state index contributed by atoms with van der Waals surface area (Å²) in [6, 6.07) is 7.12. The third-order valence-electron chi connectivity index (χ3n) is 2.83. The van der Waals surface area contributed by atoms with E-state index in [2.05, 4.69) is 19.2 Å². The first-order valence-corrected chi connectivity index (χ1v) is 6.76. The lowest BCUT2D eigenvalue weighted by atomic mass is 10.1. The number of aliphatic hydroxyl groups is 1. The van der Waals surface area contributed by atoms with Crippen molar-refractivity contribution in [3.05, 3.63) is 29.3 Å². The van der Waals surface area contributed by atoms with Crippen molar-refractivity contribution in [1.29, 1.82) is 0 Å². The molecule has 0 aliphatic rings. The van der Waals surface area contributed by atoms with Crippen molar-refractivity contribution in [3.63, 3.8) is 0 Å². The van der Waals surface area contributed by atoms with Crippen LogP contribution in [-0.4, -0.2) is 30.9 Å². The molecule has 0 aliphatic carbocycles. The molecule has 0 amide bonds. The van der Waals surface area contributed by atoms with Crippen LogP contribution in [0.2, 0.25) is 5.02 Å². The molecule has 0 saturated heterocycles. The standard InChI is InChI=1S/C14H22ClNO2/c1-3-11(2)8-16-9-13(17)10-18-14-6-4-12(15)5-7-14/h4-7,11,13,16-17H,3,8-10H2,1-2H3. The Hall–Kier alpha value is -0.770. The second-order valence-corrected chi connectivity index (χ2v) is 5.03. The third-order valence-corrected chi connectivity index (χ3v) is 3.08. The molecule has 0 aliphatic heterocycles. The number of rotatable bonds is 8. The van der Waals surface area contributed by atoms with Crippen molar-refractivity contribution in [3.8, 4) is 5.75 Å². The average molecular weight is 272 g/mol. The van der Waals surface area contributed by atoms with Crippen LogP contribution in [0.15, 0.2) is 24.3 Å². The molecule has 102 valence electrons. The normalized spacial score (nSPS) is 14.2. The largest absolute Gasteiger partial charge is 0.491 e. The van der Waals surface area contributed by atoms with Crippen LogP contribution in [0.4, 0.5) is 0 Å². The van der Waals surface area contributed by atoms with E-state index in [4.69, 9.17) is 16.3 Å². The van der Waals surface area contributed by atoms with Crippen LogP contribution in [0.5, 0.6) is 5.75 Å². The minimum Gasteiger partial charge on any atom is -0.491 e. The quantitative estimate of drug-likeness (QED) is 0.764. The van der Waals surface area contributed by atoms with Crippen LogP contribution >= 0.6 is 11.6 Å². The van der Waals surface area contributed by atoms with E-state index in [1.54, 1.807) is 24.3 Å². The maximum Gasteiger partial charge on any atom is 0.119 e. The summed E-state index contributed by atoms with van der Waals surface area (Å²) in [4.78, 5) is 0. The first-order valence-electron chi connectivity index (χ1n) is 6.39. The van der Waals surface area contributed by atoms with E-state index in [1.807, 2.05) is 0 Å². The average Bonchev–Trinajstić information content (AvgIpc) is 2.38. The van der Waals surface area contributed by atoms with E-state index in [0.717, 1.165) is 18.7 Å². The molecule has 0 saturated carbocycles. The molecule has 4 heteroatoms. The van der Waals surface area contributed by atoms with Crippen molar-refractivity contribution < 1.29 is 9.84 Å². The Morgan fingerprint density at radius 1 is 1.28 bits per heavy atom. The van der Waals surface area contributed by atoms with Crippen molar-refractivity contribution >= 4 is 11.6 Å². The lowest BCUT2D eigenvalue weighted by Gasteiger charge is -2.15. The minimum absolute atomic E-state index is 0.287. The van der Waals surface area contributed by atoms with Gasteiger partial charge in [0.2, 0.25) is 0 Å². The molecular formula is C14H22ClNO2. The van der Waals surface area contributed by atoms with Crippen molar-refractivity contribution in [2.45, 2.75) is 26.4 Å². The van der Waals surface area contributed by atoms with Gasteiger partial charge in [-0.3, -0.25) is 0 Å². The van der Waals surface area contributed by atoms with E-state index >= 15 is 0 Å². The molecule has 1 aromatic rings. The number of halogens is 1. The van der Waals surface area contributed by atoms with Gasteiger partial charge in [0, 0.05) is 11.6 Å². The predicted molar refractivity (Wildman–Crippen MR) is 75.3 cm³/mol. The van der Waals surface area contributed by atoms with Crippen molar-refractivity contribution in [2.24, 2.45) is 5.92 Å². The fourth-order valence-electron chi connectivity index (χ4n) is 1.42. The highest BCUT2D eigenvalue weighted by Gasteiger charge is 2.06. The molecule has 3 nitrogen and oxygen atoms in total. The van der Waals surface area contributed by atoms with Crippen molar-refractivity contribution in [2.75, 3.05) is 19.7 Å². The first-order chi connectivity index (χ1) is 8.61. The molecule has 0 heterocycles. The van der Waals surface area contributed by atoms with Crippen molar-refractivity contribution in [1.82, 2.24) is 5.32 Å². The molecule has 18 heavy (non-hydrogen) atoms. The highest BCUT2D eigenvalue weighted by Crippen LogP contribution is 2.15. The summed E-state index contributed by atoms with van der Waals surface area (Å²) in [6.45, 7) is 6.11. The predicted octanol–water partition coefficient (Wildman–Crippen LogP) is 2.72. The Balaban J connectivity index is 2.16. The summed E-state index contributed by atoms with van der Waals surface area (Å²) in [5.74, 6) is 1.36. The molecule has 0 radical (unpaired) electrons. The highest BCUT2D eigenvalue weighted by atomic mass is 35.5. The van der Waals surface area contributed by atoms with Gasteiger partial charge in [-0.2, -0.15) is 0 Å². The number of ether oxygens (including phenoxy) is 1. The number of hydrogen-bond donors (Lipinski definition) is 2. The number of aliphatic hydroxyl groups excluding tert-OH is 1. The molecule has 2 N–H and O–H groups in total. The molecule has 0 aromatic heterocycles. The third kappa shape index (κ3) is 6.24. The van der Waals surface area contributed by atoms with Crippen LogP contribution in [0.1, 0.15) is 20.3 Å². The minimum atomic E-state index is -0.496. The molecule has 1 rings (SSSR count). The van der Waals surface area contributed by atoms with Gasteiger partial charge in [-0.15, -0.1) is 0 Å². The monoisotopic (exact) mass is 271 g/mol. The van der Waals surface area contributed by atoms with Crippen LogP contribution in [0, 0.1) is 5.92 Å². The number of hydrogen-bond acceptors (Lipinski definition) is 3. The smallest absolute Gasteiger partial charge is 0.119 e. The summed E-state index contributed by atoms with van der Waals surface area (Å²) in [5.41, 5.74) is 0. The Kier molecular flexibility index (Phi) is 7.09. The van der Waals surface area contributed by atoms with Crippen LogP contribution in [0.3, 0.4) is 0 Å². The van der Waals surface area contributed by atoms with E-state index in [9.17, 15) is 5.11 Å². The van der Waals surface area contributed by atoms with E-state index < -0.39 is 6.10 Å². The second-order valence-electron chi connectivity index (χ2n) is 4.59. The Bertz CT molecular complexity index is 329. The van der Waals surface area contributed by atoms with E-state index in [-0.39, 0.29) is 6.61 Å². The van der Waals surface area contributed by atoms with Gasteiger partial charge in [-0.05, 0) is 36.7 Å². The lowest BCUT2D eigenvalue weighted by Crippen LogP contribution is -2.33. The summed E-state index contributed by atoms with van der Waals surface area (Å²) in [5, 5.41) is 13.6. The maximum atomic E-state index is 9.74. The zero-order chi connectivity index (χ0) is 13.4. The summed E-state index contributed by atoms with van der Waals surface area (Å²) >= 11 is 5.77. The zero-order valence-corrected chi connectivity index (χ0v) is 11.8. The molecule has 0 fully saturated rings. The van der Waals surface area contributed by atoms with Gasteiger partial charge in [0.1, 0.15) is 18.5 Å². The van der Waals surface area contributed by atoms with Crippen LogP contribution in [-0.2, 0) is 0 Å². The fraction of sp³-hybridized carbons (Fsp3) is 0.571. The van der Waals surface area contributed by atoms with Gasteiger partial charge in [0.25, 0.3) is 0 Å². The Morgan fingerprint density at radius 2 is 1.94 bits per heavy atom. The summed E-state index contributed by atoms with van der Waals surface area (Å²) < 4.78 is 5.46. The van der Waals surface area contributed by atoms with Gasteiger partial charge in [0.05, 0.1) is 0 Å². The van der Waals surface area contributed by atoms with Crippen LogP contribution < -0.4 is 10.1 Å². The lowest BCUT2D eigenvalue weighted by molar-refractivity contribution is 0.105. The van der Waals surface area contributed by atoms with E-state index in [0.29, 0.717) is 17.5 Å². The second kappa shape index (κ2) is 8.35. The molecule has 0 bridgehead atoms. The molecule has 2 atom stereocenters. The number of benzene rings is 1. The summed E-state index contributed by atoms with van der Waals surface area (Å²) in [6.07, 6.45) is 0.648. The van der Waals surface area contributed by atoms with Gasteiger partial charge in [0.15, 0.2) is 0 Å². The van der Waals surface area contributed by atoms with Crippen LogP contribution in [0.25, 0.3) is 0 Å². The molecule has 1 aromatic carbocycles. The van der Waals surface area contributed by atoms with Gasteiger partial charge in [-0.1, -0.05) is 31.9 Å². The Morgan fingerprint density at radius 3 is 2.56 bits per heavy atom. The van der Waals surface area contributed by atoms with Gasteiger partial charge in [-0.25, -0.2) is 0 Å². The Labute approximate surface area is 114 Å². The highest BCUT2D eigenvalue weighted by molar-refractivity contribution is 6.30. The topological polar surface area (TPSA) is 41.5 Å². The number of nitrogens with one attached hydrogen (secondary N) is 1. The van der Waals surface area contributed by atoms with Gasteiger partial charge < -0.3 is 15.2 Å². The molecule has 2 unspecified atom stereocenters. The molecular weight excluding hydrogens is 250 g/mol. The zero-order valence-electron chi connectivity index (χ0n) is 11.0. The van der Waals surface area contributed by atoms with Gasteiger partial charge >= 0.3 is 0 Å². The SMILES string of the molecule is CCC(C)CNCC(O)COc1ccc(Cl)cc1. The van der Waals surface area contributed by atoms with E-state index in [1.165, 1.54) is 0 Å². The maximum absolute atomic E-state index is 9.74.